The third-order valence-electron chi connectivity index (χ3n) is 5.58. The van der Waals surface area contributed by atoms with Gasteiger partial charge in [0.1, 0.15) is 10.5 Å². The zero-order valence-electron chi connectivity index (χ0n) is 20.3. The molecule has 0 saturated carbocycles. The Kier molecular flexibility index (Phi) is 11.0. The van der Waals surface area contributed by atoms with Crippen LogP contribution in [-0.2, 0) is 35.7 Å². The molecule has 0 bridgehead atoms. The molecule has 1 atom stereocenters. The van der Waals surface area contributed by atoms with Gasteiger partial charge in [-0.3, -0.25) is 9.97 Å². The molecule has 2 aliphatic heterocycles. The van der Waals surface area contributed by atoms with Gasteiger partial charge in [0.2, 0.25) is 10.0 Å². The number of aromatic nitrogens is 2. The lowest BCUT2D eigenvalue weighted by Gasteiger charge is -2.49. The molecule has 11 nitrogen and oxygen atoms in total. The average Bonchev–Trinajstić information content (AvgIpc) is 3.28. The molecule has 2 N–H and O–H groups in total. The molecule has 2 fully saturated rings. The van der Waals surface area contributed by atoms with E-state index in [-0.39, 0.29) is 10.8 Å². The smallest absolute Gasteiger partial charge is 0.475 e. The van der Waals surface area contributed by atoms with Crippen molar-refractivity contribution in [1.82, 2.24) is 14.3 Å². The summed E-state index contributed by atoms with van der Waals surface area (Å²) in [5.41, 5.74) is 0.649. The minimum absolute atomic E-state index is 0.199. The van der Waals surface area contributed by atoms with Crippen molar-refractivity contribution < 1.29 is 64.0 Å². The number of carbonyl (C=O) groups is 2. The number of hydrogen-bond donors (Lipinski definition) is 2. The third-order valence-corrected chi connectivity index (χ3v) is 7.36. The number of aliphatic carboxylic acids is 2. The topological polar surface area (TPSA) is 156 Å². The van der Waals surface area contributed by atoms with Crippen LogP contribution in [0, 0.1) is 5.92 Å². The summed E-state index contributed by atoms with van der Waals surface area (Å²) in [7, 11) is -3.51. The number of carboxylic acids is 2. The summed E-state index contributed by atoms with van der Waals surface area (Å²) in [4.78, 5) is 25.9. The van der Waals surface area contributed by atoms with E-state index in [0.29, 0.717) is 32.9 Å². The van der Waals surface area contributed by atoms with E-state index >= 15 is 0 Å². The molecular weight excluding hydrogens is 580 g/mol. The molecule has 0 radical (unpaired) electrons. The molecule has 1 unspecified atom stereocenters. The molecule has 0 aliphatic carbocycles. The van der Waals surface area contributed by atoms with E-state index < -0.39 is 39.9 Å². The first-order chi connectivity index (χ1) is 18.5. The number of sulfonamides is 1. The average molecular weight is 603 g/mol. The van der Waals surface area contributed by atoms with Crippen LogP contribution in [0.25, 0.3) is 0 Å². The third kappa shape index (κ3) is 9.10. The van der Waals surface area contributed by atoms with Crippen LogP contribution in [0.2, 0.25) is 0 Å². The Hall–Kier alpha value is -3.35. The summed E-state index contributed by atoms with van der Waals surface area (Å²) < 4.78 is 102. The van der Waals surface area contributed by atoms with E-state index in [1.807, 2.05) is 12.1 Å². The van der Waals surface area contributed by atoms with Crippen molar-refractivity contribution in [2.24, 2.45) is 5.92 Å². The highest BCUT2D eigenvalue weighted by atomic mass is 32.2. The highest BCUT2D eigenvalue weighted by Crippen LogP contribution is 2.42. The first kappa shape index (κ1) is 32.9. The van der Waals surface area contributed by atoms with E-state index in [4.69, 9.17) is 29.3 Å². The van der Waals surface area contributed by atoms with Gasteiger partial charge in [0.05, 0.1) is 13.2 Å². The van der Waals surface area contributed by atoms with E-state index in [1.54, 1.807) is 30.7 Å². The maximum absolute atomic E-state index is 12.7. The molecule has 2 aliphatic rings. The van der Waals surface area contributed by atoms with Crippen LogP contribution >= 0.6 is 0 Å². The van der Waals surface area contributed by atoms with E-state index in [9.17, 15) is 34.8 Å². The quantitative estimate of drug-likeness (QED) is 0.471. The fraction of sp³-hybridized carbons (Fsp3) is 0.455. The maximum atomic E-state index is 12.7. The van der Waals surface area contributed by atoms with Crippen molar-refractivity contribution in [3.8, 4) is 0 Å². The molecule has 222 valence electrons. The Bertz CT molecular complexity index is 1200. The molecule has 0 amide bonds. The predicted octanol–water partition coefficient (Wildman–Crippen LogP) is 2.74. The number of hydrogen-bond acceptors (Lipinski definition) is 8. The van der Waals surface area contributed by atoms with Crippen LogP contribution in [-0.4, -0.2) is 89.1 Å². The van der Waals surface area contributed by atoms with Crippen molar-refractivity contribution >= 4 is 22.0 Å². The zero-order chi connectivity index (χ0) is 30.2. The van der Waals surface area contributed by atoms with E-state index in [1.165, 1.54) is 10.5 Å². The van der Waals surface area contributed by atoms with E-state index in [0.717, 1.165) is 12.0 Å². The van der Waals surface area contributed by atoms with Crippen LogP contribution in [0.15, 0.2) is 53.9 Å². The largest absolute Gasteiger partial charge is 0.490 e. The second-order valence-electron chi connectivity index (χ2n) is 8.34. The van der Waals surface area contributed by atoms with Gasteiger partial charge in [0, 0.05) is 50.4 Å². The number of nitrogens with zero attached hydrogens (tertiary/aromatic N) is 3. The van der Waals surface area contributed by atoms with Crippen molar-refractivity contribution in [3.05, 3.63) is 54.6 Å². The maximum Gasteiger partial charge on any atom is 0.490 e. The van der Waals surface area contributed by atoms with Gasteiger partial charge in [-0.15, -0.1) is 0 Å². The fourth-order valence-electron chi connectivity index (χ4n) is 3.54. The van der Waals surface area contributed by atoms with Crippen LogP contribution in [0.4, 0.5) is 26.3 Å². The van der Waals surface area contributed by atoms with Crippen LogP contribution in [0.3, 0.4) is 0 Å². The lowest BCUT2D eigenvalue weighted by Crippen LogP contribution is -2.66. The highest BCUT2D eigenvalue weighted by molar-refractivity contribution is 7.89. The van der Waals surface area contributed by atoms with Crippen molar-refractivity contribution in [1.29, 1.82) is 0 Å². The monoisotopic (exact) mass is 603 g/mol. The number of pyridine rings is 2. The summed E-state index contributed by atoms with van der Waals surface area (Å²) >= 11 is 0. The second-order valence-corrected chi connectivity index (χ2v) is 10.3. The standard InChI is InChI=1S/C18H21N3O4S.2C2HF3O2/c22-26(23,17-2-1-6-20-10-17)21-13-18(14-21)16(5-9-25-18)12-24-11-15-3-7-19-8-4-15;2*3-2(4,5)1(6)7/h1-4,6-8,10,16H,5,9,11-14H2;2*(H,6,7). The zero-order valence-corrected chi connectivity index (χ0v) is 21.1. The predicted molar refractivity (Wildman–Crippen MR) is 121 cm³/mol. The van der Waals surface area contributed by atoms with Gasteiger partial charge in [-0.05, 0) is 36.2 Å². The molecule has 4 rings (SSSR count). The second kappa shape index (κ2) is 13.3. The van der Waals surface area contributed by atoms with Crippen molar-refractivity contribution in [3.63, 3.8) is 0 Å². The minimum Gasteiger partial charge on any atom is -0.475 e. The normalized spacial score (nSPS) is 18.5. The fourth-order valence-corrected chi connectivity index (χ4v) is 5.06. The van der Waals surface area contributed by atoms with E-state index in [2.05, 4.69) is 9.97 Å². The number of alkyl halides is 6. The van der Waals surface area contributed by atoms with Gasteiger partial charge in [-0.2, -0.15) is 30.6 Å². The van der Waals surface area contributed by atoms with Gasteiger partial charge < -0.3 is 19.7 Å². The lowest BCUT2D eigenvalue weighted by molar-refractivity contribution is -0.193. The SMILES string of the molecule is O=C(O)C(F)(F)F.O=C(O)C(F)(F)F.O=S(=O)(c1cccnc1)N1CC2(C1)OCCC2COCc1ccncc1. The lowest BCUT2D eigenvalue weighted by atomic mass is 9.83. The molecular formula is C22H23F6N3O8S. The minimum atomic E-state index is -5.08. The first-order valence-electron chi connectivity index (χ1n) is 11.1. The van der Waals surface area contributed by atoms with Crippen LogP contribution in [0.5, 0.6) is 0 Å². The van der Waals surface area contributed by atoms with Gasteiger partial charge in [0.25, 0.3) is 0 Å². The molecule has 2 saturated heterocycles. The van der Waals surface area contributed by atoms with Gasteiger partial charge >= 0.3 is 24.3 Å². The molecule has 1 spiro atoms. The van der Waals surface area contributed by atoms with Crippen LogP contribution in [0.1, 0.15) is 12.0 Å². The summed E-state index contributed by atoms with van der Waals surface area (Å²) in [5.74, 6) is -5.32. The Labute approximate surface area is 223 Å². The van der Waals surface area contributed by atoms with Gasteiger partial charge in [-0.1, -0.05) is 0 Å². The number of carboxylic acid groups (broad SMARTS) is 2. The molecule has 40 heavy (non-hydrogen) atoms. The van der Waals surface area contributed by atoms with Crippen molar-refractivity contribution in [2.45, 2.75) is 35.9 Å². The molecule has 0 aromatic carbocycles. The van der Waals surface area contributed by atoms with Crippen LogP contribution < -0.4 is 0 Å². The summed E-state index contributed by atoms with van der Waals surface area (Å²) in [6, 6.07) is 7.04. The highest BCUT2D eigenvalue weighted by Gasteiger charge is 2.56. The molecule has 4 heterocycles. The summed E-state index contributed by atoms with van der Waals surface area (Å²) in [6.07, 6.45) is -2.85. The molecule has 18 heteroatoms. The summed E-state index contributed by atoms with van der Waals surface area (Å²) in [6.45, 7) is 2.46. The molecule has 2 aromatic rings. The Morgan fingerprint density at radius 3 is 2.02 bits per heavy atom. The Balaban J connectivity index is 0.000000333. The van der Waals surface area contributed by atoms with Gasteiger partial charge in [-0.25, -0.2) is 18.0 Å². The summed E-state index contributed by atoms with van der Waals surface area (Å²) in [5, 5.41) is 14.2. The van der Waals surface area contributed by atoms with Gasteiger partial charge in [0.15, 0.2) is 0 Å². The number of rotatable bonds is 6. The molecule has 2 aromatic heterocycles. The van der Waals surface area contributed by atoms with Crippen molar-refractivity contribution in [2.75, 3.05) is 26.3 Å². The number of ether oxygens (including phenoxy) is 2. The Morgan fingerprint density at radius 1 is 1.00 bits per heavy atom. The Morgan fingerprint density at radius 2 is 1.55 bits per heavy atom. The first-order valence-corrected chi connectivity index (χ1v) is 12.5. The number of halogens is 6.